The van der Waals surface area contributed by atoms with Gasteiger partial charge < -0.3 is 4.90 Å². The first-order valence-corrected chi connectivity index (χ1v) is 11.8. The summed E-state index contributed by atoms with van der Waals surface area (Å²) in [6.45, 7) is 1.26. The molecule has 150 valence electrons. The van der Waals surface area contributed by atoms with Crippen molar-refractivity contribution in [1.29, 1.82) is 0 Å². The number of amides is 1. The van der Waals surface area contributed by atoms with Crippen molar-refractivity contribution in [2.75, 3.05) is 13.1 Å². The number of fused-ring (bicyclic) bond motifs is 1. The molecule has 0 bridgehead atoms. The highest BCUT2D eigenvalue weighted by Crippen LogP contribution is 2.31. The third kappa shape index (κ3) is 4.20. The first kappa shape index (κ1) is 19.6. The smallest absolute Gasteiger partial charge is 0.245 e. The normalized spacial score (nSPS) is 15.9. The number of rotatable bonds is 5. The third-order valence-corrected chi connectivity index (χ3v) is 7.50. The number of carbonyl (C=O) groups is 1. The number of hydrogen-bond donors (Lipinski definition) is 0. The molecule has 3 aromatic rings. The van der Waals surface area contributed by atoms with Crippen LogP contribution in [0.3, 0.4) is 0 Å². The van der Waals surface area contributed by atoms with Crippen molar-refractivity contribution in [3.8, 4) is 0 Å². The maximum Gasteiger partial charge on any atom is 0.245 e. The van der Waals surface area contributed by atoms with Gasteiger partial charge in [-0.25, -0.2) is 8.42 Å². The number of carbonyl (C=O) groups excluding carboxylic acids is 1. The van der Waals surface area contributed by atoms with Crippen molar-refractivity contribution in [1.82, 2.24) is 4.90 Å². The summed E-state index contributed by atoms with van der Waals surface area (Å²) in [5, 5.41) is 0.746. The molecule has 29 heavy (non-hydrogen) atoms. The molecule has 3 aromatic carbocycles. The number of hydrogen-bond acceptors (Lipinski definition) is 3. The van der Waals surface area contributed by atoms with Crippen molar-refractivity contribution >= 4 is 26.5 Å². The Morgan fingerprint density at radius 2 is 1.48 bits per heavy atom. The highest BCUT2D eigenvalue weighted by atomic mass is 32.2. The molecule has 0 radical (unpaired) electrons. The molecule has 1 aliphatic rings. The monoisotopic (exact) mass is 407 g/mol. The van der Waals surface area contributed by atoms with Gasteiger partial charge in [-0.15, -0.1) is 0 Å². The van der Waals surface area contributed by atoms with E-state index in [4.69, 9.17) is 0 Å². The van der Waals surface area contributed by atoms with E-state index in [0.29, 0.717) is 18.7 Å². The lowest BCUT2D eigenvalue weighted by Crippen LogP contribution is -2.41. The van der Waals surface area contributed by atoms with Gasteiger partial charge in [-0.05, 0) is 41.2 Å². The van der Waals surface area contributed by atoms with Crippen molar-refractivity contribution in [2.24, 2.45) is 0 Å². The molecule has 1 heterocycles. The lowest BCUT2D eigenvalue weighted by molar-refractivity contribution is -0.131. The number of nitrogens with zero attached hydrogens (tertiary/aromatic N) is 1. The molecule has 0 aromatic heterocycles. The summed E-state index contributed by atoms with van der Waals surface area (Å²) in [5.41, 5.74) is 1.28. The molecule has 4 nitrogen and oxygen atoms in total. The van der Waals surface area contributed by atoms with Crippen molar-refractivity contribution in [3.05, 3.63) is 83.9 Å². The largest absolute Gasteiger partial charge is 0.341 e. The Balaban J connectivity index is 1.73. The minimum atomic E-state index is -3.76. The molecule has 5 heteroatoms. The summed E-state index contributed by atoms with van der Waals surface area (Å²) in [4.78, 5) is 15.1. The summed E-state index contributed by atoms with van der Waals surface area (Å²) in [6.07, 6.45) is 2.94. The molecule has 1 atom stereocenters. The van der Waals surface area contributed by atoms with Crippen LogP contribution in [0.2, 0.25) is 0 Å². The van der Waals surface area contributed by atoms with E-state index in [2.05, 4.69) is 0 Å². The molecular weight excluding hydrogens is 382 g/mol. The molecule has 1 saturated heterocycles. The second-order valence-electron chi connectivity index (χ2n) is 7.62. The Morgan fingerprint density at radius 3 is 2.24 bits per heavy atom. The second-order valence-corrected chi connectivity index (χ2v) is 9.71. The molecule has 1 aliphatic heterocycles. The molecule has 1 amide bonds. The fourth-order valence-electron chi connectivity index (χ4n) is 4.13. The standard InChI is InChI=1S/C24H25NO3S/c26-24(25-16-7-2-8-17-25)23(20-11-3-1-4-12-20)29(27,28)18-21-14-9-13-19-10-5-6-15-22(19)21/h1,3-6,9-15,23H,2,7-8,16-18H2. The fourth-order valence-corrected chi connectivity index (χ4v) is 6.01. The van der Waals surface area contributed by atoms with Gasteiger partial charge in [0.15, 0.2) is 15.1 Å². The second kappa shape index (κ2) is 8.37. The van der Waals surface area contributed by atoms with Gasteiger partial charge in [-0.2, -0.15) is 0 Å². The minimum absolute atomic E-state index is 0.159. The van der Waals surface area contributed by atoms with Crippen molar-refractivity contribution in [2.45, 2.75) is 30.3 Å². The van der Waals surface area contributed by atoms with Gasteiger partial charge in [-0.3, -0.25) is 4.79 Å². The van der Waals surface area contributed by atoms with E-state index >= 15 is 0 Å². The average Bonchev–Trinajstić information content (AvgIpc) is 2.75. The molecule has 0 saturated carbocycles. The van der Waals surface area contributed by atoms with Crippen LogP contribution in [0.1, 0.15) is 35.6 Å². The molecule has 1 unspecified atom stereocenters. The van der Waals surface area contributed by atoms with E-state index in [0.717, 1.165) is 35.6 Å². The van der Waals surface area contributed by atoms with Gasteiger partial charge in [0.2, 0.25) is 5.91 Å². The quantitative estimate of drug-likeness (QED) is 0.625. The SMILES string of the molecule is O=C(C(c1ccccc1)S(=O)(=O)Cc1cccc2ccccc12)N1CCCCC1. The summed E-state index contributed by atoms with van der Waals surface area (Å²) in [5.74, 6) is -0.454. The molecule has 1 fully saturated rings. The Morgan fingerprint density at radius 1 is 0.828 bits per heavy atom. The van der Waals surface area contributed by atoms with Crippen LogP contribution in [-0.2, 0) is 20.4 Å². The lowest BCUT2D eigenvalue weighted by atomic mass is 10.1. The van der Waals surface area contributed by atoms with E-state index < -0.39 is 15.1 Å². The van der Waals surface area contributed by atoms with Gasteiger partial charge in [0.05, 0.1) is 5.75 Å². The molecular formula is C24H25NO3S. The maximum atomic E-state index is 13.6. The first-order valence-electron chi connectivity index (χ1n) is 10.1. The first-order chi connectivity index (χ1) is 14.1. The van der Waals surface area contributed by atoms with E-state index in [1.54, 1.807) is 29.2 Å². The number of likely N-dealkylation sites (tertiary alicyclic amines) is 1. The van der Waals surface area contributed by atoms with Crippen LogP contribution in [0.5, 0.6) is 0 Å². The van der Waals surface area contributed by atoms with Gasteiger partial charge in [0.25, 0.3) is 0 Å². The Labute approximate surface area is 172 Å². The predicted molar refractivity (Wildman–Crippen MR) is 116 cm³/mol. The van der Waals surface area contributed by atoms with Crippen LogP contribution >= 0.6 is 0 Å². The van der Waals surface area contributed by atoms with Crippen LogP contribution in [0, 0.1) is 0 Å². The van der Waals surface area contributed by atoms with Crippen molar-refractivity contribution in [3.63, 3.8) is 0 Å². The van der Waals surface area contributed by atoms with Gasteiger partial charge in [0.1, 0.15) is 0 Å². The number of sulfone groups is 1. The minimum Gasteiger partial charge on any atom is -0.341 e. The van der Waals surface area contributed by atoms with Crippen LogP contribution < -0.4 is 0 Å². The third-order valence-electron chi connectivity index (χ3n) is 5.59. The number of benzene rings is 3. The molecule has 0 aliphatic carbocycles. The Bertz CT molecular complexity index is 1100. The van der Waals surface area contributed by atoms with Crippen LogP contribution in [0.15, 0.2) is 72.8 Å². The van der Waals surface area contributed by atoms with E-state index in [-0.39, 0.29) is 11.7 Å². The van der Waals surface area contributed by atoms with Crippen LogP contribution in [0.25, 0.3) is 10.8 Å². The predicted octanol–water partition coefficient (Wildman–Crippen LogP) is 4.51. The van der Waals surface area contributed by atoms with E-state index in [9.17, 15) is 13.2 Å². The zero-order chi connectivity index (χ0) is 20.3. The summed E-state index contributed by atoms with van der Waals surface area (Å²) in [7, 11) is -3.76. The topological polar surface area (TPSA) is 54.5 Å². The van der Waals surface area contributed by atoms with Crippen molar-refractivity contribution < 1.29 is 13.2 Å². The molecule has 0 spiro atoms. The fraction of sp³-hybridized carbons (Fsp3) is 0.292. The molecule has 4 rings (SSSR count). The summed E-state index contributed by atoms with van der Waals surface area (Å²) < 4.78 is 27.2. The lowest BCUT2D eigenvalue weighted by Gasteiger charge is -2.30. The molecule has 0 N–H and O–H groups in total. The van der Waals surface area contributed by atoms with Crippen LogP contribution in [-0.4, -0.2) is 32.3 Å². The van der Waals surface area contributed by atoms with E-state index in [1.807, 2.05) is 48.5 Å². The summed E-state index contributed by atoms with van der Waals surface area (Å²) in [6, 6.07) is 22.3. The zero-order valence-electron chi connectivity index (χ0n) is 16.3. The zero-order valence-corrected chi connectivity index (χ0v) is 17.1. The highest BCUT2D eigenvalue weighted by Gasteiger charge is 2.37. The van der Waals surface area contributed by atoms with Gasteiger partial charge in [0, 0.05) is 13.1 Å². The number of piperidine rings is 1. The van der Waals surface area contributed by atoms with Gasteiger partial charge in [-0.1, -0.05) is 72.8 Å². The average molecular weight is 408 g/mol. The Hall–Kier alpha value is -2.66. The summed E-state index contributed by atoms with van der Waals surface area (Å²) >= 11 is 0. The maximum absolute atomic E-state index is 13.6. The van der Waals surface area contributed by atoms with Gasteiger partial charge >= 0.3 is 0 Å². The Kier molecular flexibility index (Phi) is 5.67. The highest BCUT2D eigenvalue weighted by molar-refractivity contribution is 7.91. The van der Waals surface area contributed by atoms with E-state index in [1.165, 1.54) is 0 Å². The van der Waals surface area contributed by atoms with Crippen LogP contribution in [0.4, 0.5) is 0 Å².